The molecule has 0 spiro atoms. The molecule has 0 aromatic carbocycles. The Bertz CT molecular complexity index is 195. The average molecular weight is 182 g/mol. The highest BCUT2D eigenvalue weighted by atomic mass is 16.3. The second kappa shape index (κ2) is 3.45. The number of rotatable bonds is 2. The van der Waals surface area contributed by atoms with Crippen molar-refractivity contribution in [3.63, 3.8) is 0 Å². The molecule has 0 amide bonds. The minimum Gasteiger partial charge on any atom is -0.386 e. The van der Waals surface area contributed by atoms with Crippen molar-refractivity contribution in [2.24, 2.45) is 11.3 Å². The number of hydrogen-bond acceptors (Lipinski definition) is 1. The van der Waals surface area contributed by atoms with Gasteiger partial charge in [0.15, 0.2) is 0 Å². The molecule has 0 unspecified atom stereocenters. The lowest BCUT2D eigenvalue weighted by molar-refractivity contribution is -0.0417. The Balaban J connectivity index is 2.77. The zero-order chi connectivity index (χ0) is 10.1. The predicted molar refractivity (Wildman–Crippen MR) is 56.6 cm³/mol. The topological polar surface area (TPSA) is 20.2 Å². The molecule has 0 heterocycles. The molecule has 76 valence electrons. The summed E-state index contributed by atoms with van der Waals surface area (Å²) < 4.78 is 0. The molecule has 0 bridgehead atoms. The summed E-state index contributed by atoms with van der Waals surface area (Å²) in [5.41, 5.74) is -0.194. The molecule has 0 radical (unpaired) electrons. The third-order valence-electron chi connectivity index (χ3n) is 3.55. The van der Waals surface area contributed by atoms with Gasteiger partial charge in [-0.1, -0.05) is 33.3 Å². The molecule has 0 aromatic heterocycles. The molecule has 1 N–H and O–H groups in total. The Morgan fingerprint density at radius 1 is 1.46 bits per heavy atom. The molecule has 0 aliphatic heterocycles. The molecule has 1 fully saturated rings. The van der Waals surface area contributed by atoms with E-state index in [2.05, 4.69) is 27.4 Å². The van der Waals surface area contributed by atoms with Crippen LogP contribution in [-0.4, -0.2) is 10.7 Å². The van der Waals surface area contributed by atoms with Gasteiger partial charge in [-0.2, -0.15) is 0 Å². The van der Waals surface area contributed by atoms with Gasteiger partial charge in [0, 0.05) is 0 Å². The molecule has 1 heteroatoms. The normalized spacial score (nSPS) is 38.6. The fraction of sp³-hybridized carbons (Fsp3) is 0.833. The fourth-order valence-corrected chi connectivity index (χ4v) is 2.46. The zero-order valence-corrected chi connectivity index (χ0v) is 9.14. The zero-order valence-electron chi connectivity index (χ0n) is 9.14. The first-order valence-electron chi connectivity index (χ1n) is 5.29. The van der Waals surface area contributed by atoms with Crippen molar-refractivity contribution >= 4 is 0 Å². The second-order valence-electron chi connectivity index (χ2n) is 5.17. The van der Waals surface area contributed by atoms with E-state index >= 15 is 0 Å². The quantitative estimate of drug-likeness (QED) is 0.650. The van der Waals surface area contributed by atoms with Crippen LogP contribution in [-0.2, 0) is 0 Å². The monoisotopic (exact) mass is 182 g/mol. The standard InChI is InChI=1S/C12H22O/c1-5-10-9-11(3,4)7-8-12(10,13)6-2/h6,10,13H,2,5,7-9H2,1,3-4H3/t10-,12-/m1/s1. The van der Waals surface area contributed by atoms with Gasteiger partial charge in [-0.25, -0.2) is 0 Å². The van der Waals surface area contributed by atoms with Crippen LogP contribution in [0.5, 0.6) is 0 Å². The van der Waals surface area contributed by atoms with Crippen molar-refractivity contribution in [1.29, 1.82) is 0 Å². The Morgan fingerprint density at radius 2 is 2.08 bits per heavy atom. The van der Waals surface area contributed by atoms with Crippen molar-refractivity contribution in [2.45, 2.75) is 52.1 Å². The van der Waals surface area contributed by atoms with Gasteiger partial charge in [-0.15, -0.1) is 6.58 Å². The van der Waals surface area contributed by atoms with E-state index in [4.69, 9.17) is 0 Å². The Kier molecular flexibility index (Phi) is 2.86. The molecule has 13 heavy (non-hydrogen) atoms. The smallest absolute Gasteiger partial charge is 0.0853 e. The number of aliphatic hydroxyl groups is 1. The lowest BCUT2D eigenvalue weighted by Crippen LogP contribution is -2.43. The van der Waals surface area contributed by atoms with Gasteiger partial charge in [0.1, 0.15) is 0 Å². The van der Waals surface area contributed by atoms with Gasteiger partial charge in [0.25, 0.3) is 0 Å². The molecular weight excluding hydrogens is 160 g/mol. The Labute approximate surface area is 81.9 Å². The summed E-state index contributed by atoms with van der Waals surface area (Å²) >= 11 is 0. The Hall–Kier alpha value is -0.300. The van der Waals surface area contributed by atoms with Gasteiger partial charge in [-0.05, 0) is 30.6 Å². The van der Waals surface area contributed by atoms with Gasteiger partial charge in [0.2, 0.25) is 0 Å². The van der Waals surface area contributed by atoms with Crippen molar-refractivity contribution < 1.29 is 5.11 Å². The van der Waals surface area contributed by atoms with E-state index in [1.165, 1.54) is 0 Å². The van der Waals surface area contributed by atoms with Crippen LogP contribution in [0, 0.1) is 11.3 Å². The largest absolute Gasteiger partial charge is 0.386 e. The van der Waals surface area contributed by atoms with E-state index in [9.17, 15) is 5.11 Å². The molecule has 1 rings (SSSR count). The lowest BCUT2D eigenvalue weighted by atomic mass is 9.64. The van der Waals surface area contributed by atoms with Gasteiger partial charge < -0.3 is 5.11 Å². The van der Waals surface area contributed by atoms with Crippen LogP contribution in [0.15, 0.2) is 12.7 Å². The maximum atomic E-state index is 10.3. The molecule has 1 nitrogen and oxygen atoms in total. The van der Waals surface area contributed by atoms with E-state index in [1.54, 1.807) is 6.08 Å². The van der Waals surface area contributed by atoms with Crippen LogP contribution in [0.1, 0.15) is 46.5 Å². The Morgan fingerprint density at radius 3 is 2.54 bits per heavy atom. The van der Waals surface area contributed by atoms with Crippen LogP contribution in [0.25, 0.3) is 0 Å². The molecule has 0 aromatic rings. The molecule has 1 saturated carbocycles. The minimum absolute atomic E-state index is 0.397. The first-order valence-corrected chi connectivity index (χ1v) is 5.29. The molecular formula is C12H22O. The summed E-state index contributed by atoms with van der Waals surface area (Å²) in [6, 6.07) is 0. The van der Waals surface area contributed by atoms with Gasteiger partial charge >= 0.3 is 0 Å². The lowest BCUT2D eigenvalue weighted by Gasteiger charge is -2.44. The summed E-state index contributed by atoms with van der Waals surface area (Å²) in [5, 5.41) is 10.3. The summed E-state index contributed by atoms with van der Waals surface area (Å²) in [6.07, 6.45) is 5.89. The predicted octanol–water partition coefficient (Wildman–Crippen LogP) is 3.14. The average Bonchev–Trinajstić information content (AvgIpc) is 2.09. The van der Waals surface area contributed by atoms with E-state index in [0.717, 1.165) is 25.7 Å². The van der Waals surface area contributed by atoms with E-state index in [0.29, 0.717) is 11.3 Å². The van der Waals surface area contributed by atoms with Crippen molar-refractivity contribution in [3.05, 3.63) is 12.7 Å². The van der Waals surface area contributed by atoms with Crippen LogP contribution in [0.2, 0.25) is 0 Å². The highest BCUT2D eigenvalue weighted by Gasteiger charge is 2.41. The van der Waals surface area contributed by atoms with Gasteiger partial charge in [0.05, 0.1) is 5.60 Å². The van der Waals surface area contributed by atoms with E-state index in [-0.39, 0.29) is 0 Å². The summed E-state index contributed by atoms with van der Waals surface area (Å²) in [4.78, 5) is 0. The SMILES string of the molecule is C=C[C@@]1(O)CCC(C)(C)C[C@H]1CC. The highest BCUT2D eigenvalue weighted by Crippen LogP contribution is 2.45. The maximum absolute atomic E-state index is 10.3. The van der Waals surface area contributed by atoms with Crippen molar-refractivity contribution in [3.8, 4) is 0 Å². The van der Waals surface area contributed by atoms with Crippen LogP contribution in [0.4, 0.5) is 0 Å². The molecule has 2 atom stereocenters. The van der Waals surface area contributed by atoms with Crippen LogP contribution < -0.4 is 0 Å². The summed E-state index contributed by atoms with van der Waals surface area (Å²) in [5.74, 6) is 0.397. The summed E-state index contributed by atoms with van der Waals surface area (Å²) in [7, 11) is 0. The summed E-state index contributed by atoms with van der Waals surface area (Å²) in [6.45, 7) is 10.5. The third-order valence-corrected chi connectivity index (χ3v) is 3.55. The molecule has 1 aliphatic carbocycles. The fourth-order valence-electron chi connectivity index (χ4n) is 2.46. The van der Waals surface area contributed by atoms with Crippen molar-refractivity contribution in [2.75, 3.05) is 0 Å². The van der Waals surface area contributed by atoms with Crippen molar-refractivity contribution in [1.82, 2.24) is 0 Å². The molecule has 1 aliphatic rings. The van der Waals surface area contributed by atoms with Gasteiger partial charge in [-0.3, -0.25) is 0 Å². The first-order chi connectivity index (χ1) is 5.93. The minimum atomic E-state index is -0.593. The van der Waals surface area contributed by atoms with E-state index in [1.807, 2.05) is 0 Å². The second-order valence-corrected chi connectivity index (χ2v) is 5.17. The number of hydrogen-bond donors (Lipinski definition) is 1. The van der Waals surface area contributed by atoms with E-state index < -0.39 is 5.60 Å². The third kappa shape index (κ3) is 2.14. The highest BCUT2D eigenvalue weighted by molar-refractivity contribution is 5.04. The molecule has 0 saturated heterocycles. The first kappa shape index (κ1) is 10.8. The maximum Gasteiger partial charge on any atom is 0.0853 e. The van der Waals surface area contributed by atoms with Crippen LogP contribution in [0.3, 0.4) is 0 Å². The van der Waals surface area contributed by atoms with Crippen LogP contribution >= 0.6 is 0 Å².